The van der Waals surface area contributed by atoms with E-state index < -0.39 is 5.92 Å². The van der Waals surface area contributed by atoms with Crippen LogP contribution < -0.4 is 15.2 Å². The number of ether oxygens (including phenoxy) is 2. The van der Waals surface area contributed by atoms with E-state index in [0.29, 0.717) is 34.1 Å². The summed E-state index contributed by atoms with van der Waals surface area (Å²) in [5, 5.41) is 20.0. The maximum absolute atomic E-state index is 10.4. The highest BCUT2D eigenvalue weighted by Crippen LogP contribution is 2.44. The normalized spacial score (nSPS) is 15.7. The second-order valence-electron chi connectivity index (χ2n) is 6.35. The van der Waals surface area contributed by atoms with Gasteiger partial charge in [-0.2, -0.15) is 5.26 Å². The number of nitrogens with two attached hydrogens (primary N) is 1. The Kier molecular flexibility index (Phi) is 4.67. The molecule has 0 radical (unpaired) electrons. The van der Waals surface area contributed by atoms with Crippen molar-refractivity contribution in [1.29, 1.82) is 5.26 Å². The van der Waals surface area contributed by atoms with E-state index in [-0.39, 0.29) is 17.2 Å². The van der Waals surface area contributed by atoms with Crippen molar-refractivity contribution in [1.82, 2.24) is 0 Å². The van der Waals surface area contributed by atoms with Crippen molar-refractivity contribution in [2.24, 2.45) is 10.7 Å². The minimum atomic E-state index is -0.539. The summed E-state index contributed by atoms with van der Waals surface area (Å²) in [5.41, 5.74) is 7.95. The molecule has 2 heterocycles. The van der Waals surface area contributed by atoms with Gasteiger partial charge in [-0.25, -0.2) is 0 Å². The summed E-state index contributed by atoms with van der Waals surface area (Å²) < 4.78 is 16.3. The summed E-state index contributed by atoms with van der Waals surface area (Å²) >= 11 is 0. The lowest BCUT2D eigenvalue weighted by molar-refractivity contribution is 0.379. The van der Waals surface area contributed by atoms with Crippen LogP contribution in [0.2, 0.25) is 0 Å². The molecule has 144 valence electrons. The highest BCUT2D eigenvalue weighted by Gasteiger charge is 2.33. The van der Waals surface area contributed by atoms with E-state index in [1.165, 1.54) is 18.5 Å². The molecule has 4 rings (SSSR count). The molecule has 0 saturated heterocycles. The molecule has 0 aliphatic carbocycles. The van der Waals surface area contributed by atoms with Gasteiger partial charge in [0.05, 0.1) is 25.0 Å². The number of benzene rings is 2. The van der Waals surface area contributed by atoms with Crippen LogP contribution in [-0.4, -0.2) is 18.4 Å². The SMILES string of the molecule is COc1cccc(N=Cc2cc3c(cc2O)OC(N)=C(C#N)[C@H]3c2ccco2)c1. The van der Waals surface area contributed by atoms with E-state index in [2.05, 4.69) is 11.1 Å². The van der Waals surface area contributed by atoms with Crippen LogP contribution in [0.25, 0.3) is 0 Å². The number of hydrogen-bond acceptors (Lipinski definition) is 7. The van der Waals surface area contributed by atoms with Crippen molar-refractivity contribution in [2.75, 3.05) is 7.11 Å². The van der Waals surface area contributed by atoms with Gasteiger partial charge >= 0.3 is 0 Å². The van der Waals surface area contributed by atoms with E-state index in [0.717, 1.165) is 0 Å². The number of aromatic hydroxyl groups is 1. The molecule has 29 heavy (non-hydrogen) atoms. The second kappa shape index (κ2) is 7.44. The number of phenols is 1. The Balaban J connectivity index is 1.78. The molecule has 0 fully saturated rings. The van der Waals surface area contributed by atoms with E-state index in [1.54, 1.807) is 31.4 Å². The lowest BCUT2D eigenvalue weighted by Gasteiger charge is -2.25. The molecule has 2 aromatic carbocycles. The Hall–Kier alpha value is -4.18. The van der Waals surface area contributed by atoms with Crippen LogP contribution in [0.1, 0.15) is 22.8 Å². The van der Waals surface area contributed by atoms with E-state index in [1.807, 2.05) is 18.2 Å². The quantitative estimate of drug-likeness (QED) is 0.655. The number of phenolic OH excluding ortho intramolecular Hbond substituents is 1. The van der Waals surface area contributed by atoms with Crippen molar-refractivity contribution in [2.45, 2.75) is 5.92 Å². The van der Waals surface area contributed by atoms with Gasteiger partial charge in [0.1, 0.15) is 34.7 Å². The van der Waals surface area contributed by atoms with Crippen LogP contribution in [-0.2, 0) is 0 Å². The Morgan fingerprint density at radius 2 is 2.10 bits per heavy atom. The van der Waals surface area contributed by atoms with Gasteiger partial charge in [-0.05, 0) is 30.3 Å². The predicted molar refractivity (Wildman–Crippen MR) is 106 cm³/mol. The number of allylic oxidation sites excluding steroid dienone is 1. The first-order valence-electron chi connectivity index (χ1n) is 8.76. The zero-order valence-corrected chi connectivity index (χ0v) is 15.5. The topological polar surface area (TPSA) is 114 Å². The molecule has 0 bridgehead atoms. The number of aliphatic imine (C=N–C) groups is 1. The van der Waals surface area contributed by atoms with E-state index in [9.17, 15) is 10.4 Å². The van der Waals surface area contributed by atoms with E-state index >= 15 is 0 Å². The molecule has 1 aromatic heterocycles. The van der Waals surface area contributed by atoms with Gasteiger partial charge in [0, 0.05) is 29.5 Å². The van der Waals surface area contributed by atoms with Gasteiger partial charge in [-0.3, -0.25) is 4.99 Å². The maximum atomic E-state index is 10.4. The van der Waals surface area contributed by atoms with Gasteiger partial charge < -0.3 is 24.7 Å². The van der Waals surface area contributed by atoms with Crippen molar-refractivity contribution < 1.29 is 19.0 Å². The highest BCUT2D eigenvalue weighted by molar-refractivity contribution is 5.86. The molecule has 7 heteroatoms. The average Bonchev–Trinajstić information content (AvgIpc) is 3.26. The predicted octanol–water partition coefficient (Wildman–Crippen LogP) is 3.96. The smallest absolute Gasteiger partial charge is 0.205 e. The molecule has 0 unspecified atom stereocenters. The molecule has 1 aliphatic heterocycles. The van der Waals surface area contributed by atoms with Gasteiger partial charge in [0.25, 0.3) is 0 Å². The number of nitriles is 1. The maximum Gasteiger partial charge on any atom is 0.205 e. The zero-order valence-electron chi connectivity index (χ0n) is 15.5. The molecule has 0 amide bonds. The van der Waals surface area contributed by atoms with Gasteiger partial charge in [0.15, 0.2) is 0 Å². The molecule has 1 atom stereocenters. The third-order valence-electron chi connectivity index (χ3n) is 4.60. The Morgan fingerprint density at radius 1 is 1.24 bits per heavy atom. The standard InChI is InChI=1S/C22H17N3O4/c1-27-15-5-2-4-14(9-15)25-12-13-8-16-20(10-18(13)26)29-22(24)17(11-23)21(16)19-6-3-7-28-19/h2-10,12,21,26H,24H2,1H3/t21-/m0/s1. The van der Waals surface area contributed by atoms with Crippen molar-refractivity contribution in [3.63, 3.8) is 0 Å². The summed E-state index contributed by atoms with van der Waals surface area (Å²) in [7, 11) is 1.58. The number of rotatable bonds is 4. The average molecular weight is 387 g/mol. The zero-order chi connectivity index (χ0) is 20.4. The second-order valence-corrected chi connectivity index (χ2v) is 6.35. The molecule has 7 nitrogen and oxygen atoms in total. The van der Waals surface area contributed by atoms with Crippen LogP contribution in [0.5, 0.6) is 17.2 Å². The summed E-state index contributed by atoms with van der Waals surface area (Å²) in [6.45, 7) is 0. The largest absolute Gasteiger partial charge is 0.507 e. The number of hydrogen-bond donors (Lipinski definition) is 2. The Labute approximate surface area is 166 Å². The van der Waals surface area contributed by atoms with E-state index in [4.69, 9.17) is 19.6 Å². The lowest BCUT2D eigenvalue weighted by atomic mass is 9.86. The number of methoxy groups -OCH3 is 1. The molecular weight excluding hydrogens is 370 g/mol. The van der Waals surface area contributed by atoms with Crippen LogP contribution in [0.3, 0.4) is 0 Å². The van der Waals surface area contributed by atoms with Gasteiger partial charge in [0.2, 0.25) is 5.88 Å². The fourth-order valence-electron chi connectivity index (χ4n) is 3.20. The summed E-state index contributed by atoms with van der Waals surface area (Å²) in [6.07, 6.45) is 3.07. The minimum Gasteiger partial charge on any atom is -0.507 e. The van der Waals surface area contributed by atoms with Crippen LogP contribution in [0.15, 0.2) is 75.7 Å². The van der Waals surface area contributed by atoms with Crippen molar-refractivity contribution >= 4 is 11.9 Å². The summed E-state index contributed by atoms with van der Waals surface area (Å²) in [5.74, 6) is 1.01. The Bertz CT molecular complexity index is 1160. The fourth-order valence-corrected chi connectivity index (χ4v) is 3.20. The third-order valence-corrected chi connectivity index (χ3v) is 4.60. The molecule has 3 aromatic rings. The number of nitrogens with zero attached hydrogens (tertiary/aromatic N) is 2. The van der Waals surface area contributed by atoms with Crippen LogP contribution in [0.4, 0.5) is 5.69 Å². The monoisotopic (exact) mass is 387 g/mol. The first kappa shape index (κ1) is 18.2. The molecule has 3 N–H and O–H groups in total. The fraction of sp³-hybridized carbons (Fsp3) is 0.0909. The van der Waals surface area contributed by atoms with Crippen molar-refractivity contribution in [3.8, 4) is 23.3 Å². The summed E-state index contributed by atoms with van der Waals surface area (Å²) in [4.78, 5) is 4.41. The first-order valence-corrected chi connectivity index (χ1v) is 8.76. The molecule has 0 spiro atoms. The highest BCUT2D eigenvalue weighted by atomic mass is 16.5. The van der Waals surface area contributed by atoms with Gasteiger partial charge in [-0.15, -0.1) is 0 Å². The number of furan rings is 1. The third kappa shape index (κ3) is 3.39. The van der Waals surface area contributed by atoms with Crippen molar-refractivity contribution in [3.05, 3.63) is 83.1 Å². The molecule has 1 aliphatic rings. The number of fused-ring (bicyclic) bond motifs is 1. The van der Waals surface area contributed by atoms with Crippen LogP contribution >= 0.6 is 0 Å². The van der Waals surface area contributed by atoms with Crippen LogP contribution in [0, 0.1) is 11.3 Å². The molecular formula is C22H17N3O4. The molecule has 0 saturated carbocycles. The first-order chi connectivity index (χ1) is 14.1. The summed E-state index contributed by atoms with van der Waals surface area (Å²) in [6, 6.07) is 16.0. The van der Waals surface area contributed by atoms with Gasteiger partial charge in [-0.1, -0.05) is 6.07 Å². The lowest BCUT2D eigenvalue weighted by Crippen LogP contribution is -2.21. The Morgan fingerprint density at radius 3 is 2.83 bits per heavy atom. The minimum absolute atomic E-state index is 0.0152.